The minimum Gasteiger partial charge on any atom is -0.392 e. The van der Waals surface area contributed by atoms with Crippen molar-refractivity contribution in [3.05, 3.63) is 29.0 Å². The fourth-order valence-corrected chi connectivity index (χ4v) is 3.56. The number of β-amino-alcohol motifs (C(OH)–C–C–N with tert-alkyl or cyclic N) is 1. The van der Waals surface area contributed by atoms with Crippen LogP contribution in [0.1, 0.15) is 6.42 Å². The number of hydrogen-bond acceptors (Lipinski definition) is 3. The number of rotatable bonds is 2. The average molecular weight is 280 g/mol. The minimum absolute atomic E-state index is 0.00567. The summed E-state index contributed by atoms with van der Waals surface area (Å²) >= 11 is 5.55. The van der Waals surface area contributed by atoms with Crippen LogP contribution in [0.25, 0.3) is 0 Å². The smallest absolute Gasteiger partial charge is 0.246 e. The van der Waals surface area contributed by atoms with Gasteiger partial charge in [0.05, 0.1) is 11.1 Å². The lowest BCUT2D eigenvalue weighted by Crippen LogP contribution is -2.30. The first-order valence-corrected chi connectivity index (χ1v) is 6.87. The Bertz CT molecular complexity index is 534. The zero-order valence-corrected chi connectivity index (χ0v) is 10.4. The van der Waals surface area contributed by atoms with E-state index in [1.165, 1.54) is 18.2 Å². The third kappa shape index (κ3) is 2.30. The second-order valence-corrected chi connectivity index (χ2v) is 6.17. The number of hydrogen-bond donors (Lipinski definition) is 1. The maximum atomic E-state index is 13.6. The molecule has 1 N–H and O–H groups in total. The highest BCUT2D eigenvalue weighted by Gasteiger charge is 2.33. The molecule has 0 aromatic heterocycles. The molecule has 1 atom stereocenters. The van der Waals surface area contributed by atoms with Gasteiger partial charge in [-0.1, -0.05) is 17.7 Å². The molecule has 1 aromatic rings. The molecule has 0 amide bonds. The zero-order valence-electron chi connectivity index (χ0n) is 8.81. The predicted molar refractivity (Wildman–Crippen MR) is 60.8 cm³/mol. The van der Waals surface area contributed by atoms with E-state index in [-0.39, 0.29) is 18.1 Å². The summed E-state index contributed by atoms with van der Waals surface area (Å²) in [6, 6.07) is 3.83. The monoisotopic (exact) mass is 279 g/mol. The molecule has 0 saturated carbocycles. The molecule has 0 radical (unpaired) electrons. The molecule has 0 aliphatic carbocycles. The Morgan fingerprint density at radius 2 is 2.18 bits per heavy atom. The first-order chi connectivity index (χ1) is 7.93. The van der Waals surface area contributed by atoms with Gasteiger partial charge in [0, 0.05) is 13.1 Å². The summed E-state index contributed by atoms with van der Waals surface area (Å²) in [6.45, 7) is 0.184. The molecule has 1 saturated heterocycles. The summed E-state index contributed by atoms with van der Waals surface area (Å²) in [5.41, 5.74) is 0. The van der Waals surface area contributed by atoms with Gasteiger partial charge in [0.15, 0.2) is 5.82 Å². The molecule has 1 heterocycles. The van der Waals surface area contributed by atoms with Crippen LogP contribution in [0.15, 0.2) is 23.1 Å². The number of aliphatic hydroxyl groups is 1. The highest BCUT2D eigenvalue weighted by Crippen LogP contribution is 2.26. The Balaban J connectivity index is 2.42. The average Bonchev–Trinajstić information content (AvgIpc) is 2.69. The van der Waals surface area contributed by atoms with Crippen LogP contribution < -0.4 is 0 Å². The van der Waals surface area contributed by atoms with Crippen LogP contribution in [0.4, 0.5) is 4.39 Å². The highest BCUT2D eigenvalue weighted by molar-refractivity contribution is 7.89. The molecule has 94 valence electrons. The van der Waals surface area contributed by atoms with Crippen LogP contribution in [0.2, 0.25) is 5.02 Å². The van der Waals surface area contributed by atoms with E-state index in [4.69, 9.17) is 11.6 Å². The molecule has 1 aromatic carbocycles. The number of aliphatic hydroxyl groups excluding tert-OH is 1. The van der Waals surface area contributed by atoms with Crippen molar-refractivity contribution in [2.45, 2.75) is 17.4 Å². The summed E-state index contributed by atoms with van der Waals surface area (Å²) in [7, 11) is -3.91. The van der Waals surface area contributed by atoms with E-state index in [1.54, 1.807) is 0 Å². The van der Waals surface area contributed by atoms with Gasteiger partial charge in [-0.05, 0) is 18.6 Å². The first-order valence-electron chi connectivity index (χ1n) is 5.05. The van der Waals surface area contributed by atoms with Crippen molar-refractivity contribution in [2.24, 2.45) is 0 Å². The Morgan fingerprint density at radius 1 is 1.47 bits per heavy atom. The van der Waals surface area contributed by atoms with Crippen molar-refractivity contribution in [1.82, 2.24) is 4.31 Å². The lowest BCUT2D eigenvalue weighted by molar-refractivity contribution is 0.189. The van der Waals surface area contributed by atoms with Gasteiger partial charge >= 0.3 is 0 Å². The largest absolute Gasteiger partial charge is 0.392 e. The predicted octanol–water partition coefficient (Wildman–Crippen LogP) is 1.23. The summed E-state index contributed by atoms with van der Waals surface area (Å²) < 4.78 is 38.8. The number of nitrogens with zero attached hydrogens (tertiary/aromatic N) is 1. The lowest BCUT2D eigenvalue weighted by Gasteiger charge is -2.16. The van der Waals surface area contributed by atoms with Crippen LogP contribution in [0.3, 0.4) is 0 Å². The topological polar surface area (TPSA) is 57.6 Å². The molecule has 0 bridgehead atoms. The van der Waals surface area contributed by atoms with E-state index in [2.05, 4.69) is 0 Å². The fourth-order valence-electron chi connectivity index (χ4n) is 1.75. The van der Waals surface area contributed by atoms with Gasteiger partial charge < -0.3 is 5.11 Å². The van der Waals surface area contributed by atoms with Gasteiger partial charge in [-0.15, -0.1) is 0 Å². The Morgan fingerprint density at radius 3 is 2.76 bits per heavy atom. The number of benzene rings is 1. The van der Waals surface area contributed by atoms with Gasteiger partial charge in [-0.2, -0.15) is 4.31 Å². The fraction of sp³-hybridized carbons (Fsp3) is 0.400. The lowest BCUT2D eigenvalue weighted by atomic mass is 10.3. The molecule has 1 aliphatic heterocycles. The van der Waals surface area contributed by atoms with Crippen LogP contribution >= 0.6 is 11.6 Å². The Labute approximate surface area is 104 Å². The van der Waals surface area contributed by atoms with Gasteiger partial charge in [-0.3, -0.25) is 0 Å². The van der Waals surface area contributed by atoms with Crippen molar-refractivity contribution >= 4 is 21.6 Å². The number of halogens is 2. The molecule has 1 aliphatic rings. The van der Waals surface area contributed by atoms with Crippen molar-refractivity contribution in [1.29, 1.82) is 0 Å². The summed E-state index contributed by atoms with van der Waals surface area (Å²) in [5.74, 6) is -0.949. The van der Waals surface area contributed by atoms with Crippen molar-refractivity contribution in [3.63, 3.8) is 0 Å². The van der Waals surface area contributed by atoms with E-state index in [1.807, 2.05) is 0 Å². The molecule has 7 heteroatoms. The maximum Gasteiger partial charge on any atom is 0.246 e. The molecular formula is C10H11ClFNO3S. The Hall–Kier alpha value is -0.690. The van der Waals surface area contributed by atoms with Crippen molar-refractivity contribution < 1.29 is 17.9 Å². The van der Waals surface area contributed by atoms with Crippen LogP contribution in [-0.2, 0) is 10.0 Å². The molecular weight excluding hydrogens is 269 g/mol. The molecule has 1 unspecified atom stereocenters. The first kappa shape index (κ1) is 12.8. The zero-order chi connectivity index (χ0) is 12.6. The van der Waals surface area contributed by atoms with E-state index in [9.17, 15) is 17.9 Å². The number of sulfonamides is 1. The molecule has 1 fully saturated rings. The van der Waals surface area contributed by atoms with Gasteiger partial charge in [0.2, 0.25) is 10.0 Å². The van der Waals surface area contributed by atoms with Crippen molar-refractivity contribution in [2.75, 3.05) is 13.1 Å². The summed E-state index contributed by atoms with van der Waals surface area (Å²) in [5, 5.41) is 9.08. The molecule has 17 heavy (non-hydrogen) atoms. The van der Waals surface area contributed by atoms with Crippen molar-refractivity contribution in [3.8, 4) is 0 Å². The van der Waals surface area contributed by atoms with Crippen LogP contribution in [0, 0.1) is 5.82 Å². The van der Waals surface area contributed by atoms with Crippen LogP contribution in [0.5, 0.6) is 0 Å². The summed E-state index contributed by atoms with van der Waals surface area (Å²) in [6.07, 6.45) is -0.325. The standard InChI is InChI=1S/C10H11ClFNO3S/c11-8-2-1-3-9(10(8)12)17(15,16)13-5-4-7(14)6-13/h1-3,7,14H,4-6H2. The summed E-state index contributed by atoms with van der Waals surface area (Å²) in [4.78, 5) is -0.445. The normalized spacial score (nSPS) is 21.9. The molecule has 0 spiro atoms. The third-order valence-corrected chi connectivity index (χ3v) is 4.83. The van der Waals surface area contributed by atoms with Gasteiger partial charge in [-0.25, -0.2) is 12.8 Å². The Kier molecular flexibility index (Phi) is 3.40. The minimum atomic E-state index is -3.91. The van der Waals surface area contributed by atoms with E-state index in [0.717, 1.165) is 4.31 Å². The van der Waals surface area contributed by atoms with E-state index >= 15 is 0 Å². The second kappa shape index (κ2) is 4.53. The second-order valence-electron chi connectivity index (χ2n) is 3.86. The van der Waals surface area contributed by atoms with E-state index < -0.39 is 26.8 Å². The highest BCUT2D eigenvalue weighted by atomic mass is 35.5. The SMILES string of the molecule is O=S(=O)(c1cccc(Cl)c1F)N1CCC(O)C1. The quantitative estimate of drug-likeness (QED) is 0.886. The van der Waals surface area contributed by atoms with Gasteiger partial charge in [0.1, 0.15) is 4.90 Å². The molecule has 4 nitrogen and oxygen atoms in total. The maximum absolute atomic E-state index is 13.6. The third-order valence-electron chi connectivity index (χ3n) is 2.66. The van der Waals surface area contributed by atoms with E-state index in [0.29, 0.717) is 6.42 Å². The molecule has 2 rings (SSSR count). The van der Waals surface area contributed by atoms with Crippen LogP contribution in [-0.4, -0.2) is 37.0 Å². The van der Waals surface area contributed by atoms with Gasteiger partial charge in [0.25, 0.3) is 0 Å².